The molecule has 0 radical (unpaired) electrons. The highest BCUT2D eigenvalue weighted by atomic mass is 16.2. The van der Waals surface area contributed by atoms with E-state index in [1.807, 2.05) is 15.9 Å². The Hall–Kier alpha value is -2.37. The summed E-state index contributed by atoms with van der Waals surface area (Å²) < 4.78 is 0. The van der Waals surface area contributed by atoms with Gasteiger partial charge in [-0.15, -0.1) is 0 Å². The molecular formula is C22H30N4O2. The Morgan fingerprint density at radius 2 is 2.04 bits per heavy atom. The molecule has 2 aliphatic rings. The second kappa shape index (κ2) is 7.22. The summed E-state index contributed by atoms with van der Waals surface area (Å²) in [6.45, 7) is 9.22. The van der Waals surface area contributed by atoms with Crippen molar-refractivity contribution in [3.8, 4) is 0 Å². The number of likely N-dealkylation sites (tertiary alicyclic amines) is 2. The minimum absolute atomic E-state index is 0.131. The zero-order valence-corrected chi connectivity index (χ0v) is 17.2. The molecule has 0 saturated carbocycles. The third kappa shape index (κ3) is 3.19. The highest BCUT2D eigenvalue weighted by Gasteiger charge is 2.51. The van der Waals surface area contributed by atoms with Crippen LogP contribution in [0.4, 0.5) is 0 Å². The maximum absolute atomic E-state index is 12.8. The molecule has 1 aromatic carbocycles. The number of carbonyl (C=O) groups excluding carboxylic acids is 2. The molecule has 6 nitrogen and oxygen atoms in total. The van der Waals surface area contributed by atoms with E-state index in [1.54, 1.807) is 0 Å². The summed E-state index contributed by atoms with van der Waals surface area (Å²) in [6.07, 6.45) is 3.71. The van der Waals surface area contributed by atoms with Gasteiger partial charge in [0.1, 0.15) is 5.82 Å². The fourth-order valence-electron chi connectivity index (χ4n) is 4.71. The maximum atomic E-state index is 12.8. The molecule has 2 fully saturated rings. The Labute approximate surface area is 166 Å². The number of fused-ring (bicyclic) bond motifs is 1. The topological polar surface area (TPSA) is 69.3 Å². The minimum Gasteiger partial charge on any atom is -0.342 e. The van der Waals surface area contributed by atoms with Crippen LogP contribution in [-0.4, -0.2) is 57.8 Å². The number of rotatable bonds is 5. The van der Waals surface area contributed by atoms with Gasteiger partial charge in [-0.3, -0.25) is 9.59 Å². The molecule has 150 valence electrons. The SMILES string of the molecule is CCCN1CCC2(CCN(C(=O)CCc3nc4c(C)c(C)ccc4[nH]3)C2)C1=O. The number of amides is 2. The lowest BCUT2D eigenvalue weighted by Crippen LogP contribution is -2.38. The van der Waals surface area contributed by atoms with E-state index in [4.69, 9.17) is 4.98 Å². The number of hydrogen-bond acceptors (Lipinski definition) is 3. The quantitative estimate of drug-likeness (QED) is 0.864. The van der Waals surface area contributed by atoms with Crippen molar-refractivity contribution in [3.63, 3.8) is 0 Å². The standard InChI is InChI=1S/C22H30N4O2/c1-4-11-25-12-9-22(21(25)28)10-13-26(14-22)19(27)8-7-18-23-17-6-5-15(2)16(3)20(17)24-18/h5-6H,4,7-14H2,1-3H3,(H,23,24). The zero-order chi connectivity index (χ0) is 19.9. The lowest BCUT2D eigenvalue weighted by molar-refractivity contribution is -0.136. The first-order valence-electron chi connectivity index (χ1n) is 10.5. The number of H-pyrrole nitrogens is 1. The van der Waals surface area contributed by atoms with Crippen molar-refractivity contribution in [2.75, 3.05) is 26.2 Å². The Morgan fingerprint density at radius 3 is 2.82 bits per heavy atom. The highest BCUT2D eigenvalue weighted by Crippen LogP contribution is 2.40. The predicted molar refractivity (Wildman–Crippen MR) is 109 cm³/mol. The number of nitrogens with zero attached hydrogens (tertiary/aromatic N) is 3. The van der Waals surface area contributed by atoms with Crippen molar-refractivity contribution < 1.29 is 9.59 Å². The van der Waals surface area contributed by atoms with Gasteiger partial charge in [0.05, 0.1) is 16.4 Å². The van der Waals surface area contributed by atoms with Gasteiger partial charge in [0, 0.05) is 39.0 Å². The van der Waals surface area contributed by atoms with Gasteiger partial charge >= 0.3 is 0 Å². The monoisotopic (exact) mass is 382 g/mol. The van der Waals surface area contributed by atoms with Gasteiger partial charge in [-0.05, 0) is 50.3 Å². The van der Waals surface area contributed by atoms with Crippen LogP contribution >= 0.6 is 0 Å². The molecule has 1 atom stereocenters. The Morgan fingerprint density at radius 1 is 1.25 bits per heavy atom. The lowest BCUT2D eigenvalue weighted by atomic mass is 9.85. The molecule has 2 saturated heterocycles. The molecule has 0 bridgehead atoms. The molecule has 6 heteroatoms. The van der Waals surface area contributed by atoms with E-state index in [2.05, 4.69) is 31.8 Å². The molecule has 1 N–H and O–H groups in total. The van der Waals surface area contributed by atoms with E-state index in [9.17, 15) is 9.59 Å². The largest absolute Gasteiger partial charge is 0.342 e. The Balaban J connectivity index is 1.38. The van der Waals surface area contributed by atoms with Crippen molar-refractivity contribution in [3.05, 3.63) is 29.1 Å². The van der Waals surface area contributed by atoms with Gasteiger partial charge in [0.2, 0.25) is 11.8 Å². The summed E-state index contributed by atoms with van der Waals surface area (Å²) in [5, 5.41) is 0. The number of aryl methyl sites for hydroxylation is 3. The fourth-order valence-corrected chi connectivity index (χ4v) is 4.71. The molecule has 1 unspecified atom stereocenters. The van der Waals surface area contributed by atoms with Crippen molar-refractivity contribution in [1.29, 1.82) is 0 Å². The lowest BCUT2D eigenvalue weighted by Gasteiger charge is -2.23. The average molecular weight is 383 g/mol. The van der Waals surface area contributed by atoms with Gasteiger partial charge in [0.25, 0.3) is 0 Å². The van der Waals surface area contributed by atoms with Crippen LogP contribution in [0.25, 0.3) is 11.0 Å². The molecule has 3 heterocycles. The third-order valence-electron chi connectivity index (χ3n) is 6.60. The molecule has 1 spiro atoms. The molecule has 0 aliphatic carbocycles. The van der Waals surface area contributed by atoms with Gasteiger partial charge in [-0.2, -0.15) is 0 Å². The summed E-state index contributed by atoms with van der Waals surface area (Å²) in [5.74, 6) is 1.25. The number of aromatic amines is 1. The summed E-state index contributed by atoms with van der Waals surface area (Å²) in [6, 6.07) is 4.14. The first-order valence-corrected chi connectivity index (χ1v) is 10.5. The van der Waals surface area contributed by atoms with E-state index >= 15 is 0 Å². The van der Waals surface area contributed by atoms with Crippen LogP contribution in [0.15, 0.2) is 12.1 Å². The smallest absolute Gasteiger partial charge is 0.230 e. The minimum atomic E-state index is -0.321. The van der Waals surface area contributed by atoms with Crippen LogP contribution in [0, 0.1) is 19.3 Å². The number of hydrogen-bond donors (Lipinski definition) is 1. The number of imidazole rings is 1. The van der Waals surface area contributed by atoms with E-state index < -0.39 is 0 Å². The zero-order valence-electron chi connectivity index (χ0n) is 17.2. The van der Waals surface area contributed by atoms with Crippen LogP contribution in [0.1, 0.15) is 49.6 Å². The van der Waals surface area contributed by atoms with Crippen LogP contribution in [0.2, 0.25) is 0 Å². The average Bonchev–Trinajstić information content (AvgIpc) is 3.38. The van der Waals surface area contributed by atoms with E-state index in [0.29, 0.717) is 25.9 Å². The van der Waals surface area contributed by atoms with E-state index in [0.717, 1.165) is 49.2 Å². The molecule has 2 amide bonds. The van der Waals surface area contributed by atoms with Crippen LogP contribution in [0.3, 0.4) is 0 Å². The van der Waals surface area contributed by atoms with Crippen molar-refractivity contribution in [1.82, 2.24) is 19.8 Å². The molecule has 2 aromatic rings. The number of aromatic nitrogens is 2. The highest BCUT2D eigenvalue weighted by molar-refractivity contribution is 5.87. The number of nitrogens with one attached hydrogen (secondary N) is 1. The number of carbonyl (C=O) groups is 2. The molecule has 28 heavy (non-hydrogen) atoms. The molecule has 1 aromatic heterocycles. The first kappa shape index (κ1) is 19.0. The molecule has 4 rings (SSSR count). The second-order valence-corrected chi connectivity index (χ2v) is 8.47. The first-order chi connectivity index (χ1) is 13.4. The van der Waals surface area contributed by atoms with E-state index in [1.165, 1.54) is 11.1 Å². The summed E-state index contributed by atoms with van der Waals surface area (Å²) in [4.78, 5) is 37.5. The molecular weight excluding hydrogens is 352 g/mol. The van der Waals surface area contributed by atoms with E-state index in [-0.39, 0.29) is 17.2 Å². The second-order valence-electron chi connectivity index (χ2n) is 8.47. The fraction of sp³-hybridized carbons (Fsp3) is 0.591. The van der Waals surface area contributed by atoms with Gasteiger partial charge in [-0.25, -0.2) is 4.98 Å². The van der Waals surface area contributed by atoms with Crippen LogP contribution in [-0.2, 0) is 16.0 Å². The number of benzene rings is 1. The third-order valence-corrected chi connectivity index (χ3v) is 6.60. The summed E-state index contributed by atoms with van der Waals surface area (Å²) in [7, 11) is 0. The van der Waals surface area contributed by atoms with Crippen LogP contribution < -0.4 is 0 Å². The van der Waals surface area contributed by atoms with Crippen molar-refractivity contribution in [2.45, 2.75) is 52.9 Å². The van der Waals surface area contributed by atoms with Crippen LogP contribution in [0.5, 0.6) is 0 Å². The van der Waals surface area contributed by atoms with Crippen molar-refractivity contribution >= 4 is 22.8 Å². The summed E-state index contributed by atoms with van der Waals surface area (Å²) in [5.41, 5.74) is 4.11. The van der Waals surface area contributed by atoms with Gasteiger partial charge in [0.15, 0.2) is 0 Å². The predicted octanol–water partition coefficient (Wildman–Crippen LogP) is 2.97. The normalized spacial score (nSPS) is 22.2. The maximum Gasteiger partial charge on any atom is 0.230 e. The Bertz CT molecular complexity index is 919. The van der Waals surface area contributed by atoms with Crippen molar-refractivity contribution in [2.24, 2.45) is 5.41 Å². The van der Waals surface area contributed by atoms with Gasteiger partial charge < -0.3 is 14.8 Å². The summed E-state index contributed by atoms with van der Waals surface area (Å²) >= 11 is 0. The Kier molecular flexibility index (Phi) is 4.89. The van der Waals surface area contributed by atoms with Gasteiger partial charge in [-0.1, -0.05) is 13.0 Å². The molecule has 2 aliphatic heterocycles.